The molecule has 25 heavy (non-hydrogen) atoms. The first-order valence-corrected chi connectivity index (χ1v) is 8.99. The van der Waals surface area contributed by atoms with Crippen LogP contribution < -0.4 is 4.74 Å². The van der Waals surface area contributed by atoms with Crippen molar-refractivity contribution in [3.05, 3.63) is 66.2 Å². The van der Waals surface area contributed by atoms with Gasteiger partial charge < -0.3 is 14.4 Å². The second kappa shape index (κ2) is 8.99. The van der Waals surface area contributed by atoms with Gasteiger partial charge in [-0.3, -0.25) is 4.90 Å². The van der Waals surface area contributed by atoms with E-state index in [0.29, 0.717) is 6.61 Å². The summed E-state index contributed by atoms with van der Waals surface area (Å²) in [6, 6.07) is 20.4. The Morgan fingerprint density at radius 3 is 2.40 bits per heavy atom. The van der Waals surface area contributed by atoms with Crippen LogP contribution in [-0.2, 0) is 4.74 Å². The zero-order valence-corrected chi connectivity index (χ0v) is 15.2. The SMILES string of the molecule is CN(C)CCCN1C[C@@H](COc2ccccc2)O[C@@H]1c1ccccc1. The van der Waals surface area contributed by atoms with E-state index in [-0.39, 0.29) is 12.3 Å². The molecule has 0 unspecified atom stereocenters. The Balaban J connectivity index is 1.60. The van der Waals surface area contributed by atoms with Crippen molar-refractivity contribution in [1.82, 2.24) is 9.80 Å². The molecule has 4 nitrogen and oxygen atoms in total. The van der Waals surface area contributed by atoms with E-state index in [9.17, 15) is 0 Å². The Hall–Kier alpha value is -1.88. The van der Waals surface area contributed by atoms with Gasteiger partial charge in [0.2, 0.25) is 0 Å². The van der Waals surface area contributed by atoms with Crippen LogP contribution in [0.1, 0.15) is 18.2 Å². The summed E-state index contributed by atoms with van der Waals surface area (Å²) in [7, 11) is 4.23. The van der Waals surface area contributed by atoms with Crippen molar-refractivity contribution in [2.24, 2.45) is 0 Å². The van der Waals surface area contributed by atoms with E-state index in [1.807, 2.05) is 36.4 Å². The Kier molecular flexibility index (Phi) is 6.45. The first kappa shape index (κ1) is 17.9. The minimum atomic E-state index is 0.0211. The fourth-order valence-corrected chi connectivity index (χ4v) is 3.17. The largest absolute Gasteiger partial charge is 0.491 e. The Morgan fingerprint density at radius 2 is 1.72 bits per heavy atom. The number of hydrogen-bond donors (Lipinski definition) is 0. The maximum absolute atomic E-state index is 6.33. The molecule has 0 saturated carbocycles. The summed E-state index contributed by atoms with van der Waals surface area (Å²) in [5.74, 6) is 0.897. The van der Waals surface area contributed by atoms with Gasteiger partial charge in [0.05, 0.1) is 0 Å². The van der Waals surface area contributed by atoms with Crippen LogP contribution in [0.15, 0.2) is 60.7 Å². The van der Waals surface area contributed by atoms with Crippen molar-refractivity contribution in [3.63, 3.8) is 0 Å². The maximum atomic E-state index is 6.33. The van der Waals surface area contributed by atoms with Crippen LogP contribution >= 0.6 is 0 Å². The summed E-state index contributed by atoms with van der Waals surface area (Å²) in [6.07, 6.45) is 1.24. The van der Waals surface area contributed by atoms with E-state index >= 15 is 0 Å². The van der Waals surface area contributed by atoms with Gasteiger partial charge in [-0.15, -0.1) is 0 Å². The van der Waals surface area contributed by atoms with E-state index in [4.69, 9.17) is 9.47 Å². The third-order valence-electron chi connectivity index (χ3n) is 4.41. The number of ether oxygens (including phenoxy) is 2. The van der Waals surface area contributed by atoms with Crippen LogP contribution in [0.5, 0.6) is 5.75 Å². The number of rotatable bonds is 8. The van der Waals surface area contributed by atoms with Crippen molar-refractivity contribution in [2.75, 3.05) is 40.3 Å². The van der Waals surface area contributed by atoms with Crippen LogP contribution in [0, 0.1) is 0 Å². The lowest BCUT2D eigenvalue weighted by molar-refractivity contribution is -0.0164. The molecular weight excluding hydrogens is 312 g/mol. The van der Waals surface area contributed by atoms with Gasteiger partial charge in [-0.25, -0.2) is 0 Å². The molecule has 1 aliphatic heterocycles. The molecule has 134 valence electrons. The van der Waals surface area contributed by atoms with Gasteiger partial charge in [0.1, 0.15) is 24.7 Å². The highest BCUT2D eigenvalue weighted by Crippen LogP contribution is 2.30. The second-order valence-corrected chi connectivity index (χ2v) is 6.80. The third kappa shape index (κ3) is 5.30. The highest BCUT2D eigenvalue weighted by atomic mass is 16.6. The normalized spacial score (nSPS) is 20.9. The van der Waals surface area contributed by atoms with E-state index in [1.54, 1.807) is 0 Å². The van der Waals surface area contributed by atoms with Gasteiger partial charge in [-0.05, 0) is 44.8 Å². The Morgan fingerprint density at radius 1 is 1.04 bits per heavy atom. The number of hydrogen-bond acceptors (Lipinski definition) is 4. The molecule has 0 bridgehead atoms. The Bertz CT molecular complexity index is 618. The van der Waals surface area contributed by atoms with Crippen LogP contribution in [0.2, 0.25) is 0 Å². The van der Waals surface area contributed by atoms with Crippen LogP contribution in [0.3, 0.4) is 0 Å². The molecule has 4 heteroatoms. The lowest BCUT2D eigenvalue weighted by Crippen LogP contribution is -2.29. The summed E-state index contributed by atoms with van der Waals surface area (Å²) in [5, 5.41) is 0. The molecule has 0 aromatic heterocycles. The molecule has 0 spiro atoms. The molecule has 0 amide bonds. The molecule has 2 aromatic carbocycles. The second-order valence-electron chi connectivity index (χ2n) is 6.80. The zero-order valence-electron chi connectivity index (χ0n) is 15.2. The summed E-state index contributed by atoms with van der Waals surface area (Å²) < 4.78 is 12.2. The topological polar surface area (TPSA) is 24.9 Å². The van der Waals surface area contributed by atoms with Gasteiger partial charge in [0.15, 0.2) is 0 Å². The van der Waals surface area contributed by atoms with Crippen molar-refractivity contribution in [2.45, 2.75) is 18.8 Å². The van der Waals surface area contributed by atoms with Gasteiger partial charge in [0.25, 0.3) is 0 Å². The van der Waals surface area contributed by atoms with E-state index in [1.165, 1.54) is 5.56 Å². The lowest BCUT2D eigenvalue weighted by Gasteiger charge is -2.23. The highest BCUT2D eigenvalue weighted by molar-refractivity contribution is 5.21. The highest BCUT2D eigenvalue weighted by Gasteiger charge is 2.33. The number of benzene rings is 2. The quantitative estimate of drug-likeness (QED) is 0.735. The molecule has 1 aliphatic rings. The fourth-order valence-electron chi connectivity index (χ4n) is 3.17. The molecule has 3 rings (SSSR count). The third-order valence-corrected chi connectivity index (χ3v) is 4.41. The van der Waals surface area contributed by atoms with Gasteiger partial charge >= 0.3 is 0 Å². The van der Waals surface area contributed by atoms with Gasteiger partial charge in [0, 0.05) is 13.1 Å². The molecule has 1 saturated heterocycles. The molecule has 2 aromatic rings. The van der Waals surface area contributed by atoms with Crippen molar-refractivity contribution >= 4 is 0 Å². The predicted molar refractivity (Wildman–Crippen MR) is 101 cm³/mol. The van der Waals surface area contributed by atoms with Crippen molar-refractivity contribution in [3.8, 4) is 5.75 Å². The standard InChI is InChI=1S/C21H28N2O2/c1-22(2)14-9-15-23-16-20(17-24-19-12-7-4-8-13-19)25-21(23)18-10-5-3-6-11-18/h3-8,10-13,20-21H,9,14-17H2,1-2H3/t20-,21+/m0/s1. The minimum absolute atomic E-state index is 0.0211. The van der Waals surface area contributed by atoms with Gasteiger partial charge in [-0.2, -0.15) is 0 Å². The van der Waals surface area contributed by atoms with E-state index in [0.717, 1.165) is 31.8 Å². The molecular formula is C21H28N2O2. The summed E-state index contributed by atoms with van der Waals surface area (Å²) >= 11 is 0. The van der Waals surface area contributed by atoms with Crippen LogP contribution in [0.4, 0.5) is 0 Å². The molecule has 0 N–H and O–H groups in total. The van der Waals surface area contributed by atoms with Crippen molar-refractivity contribution < 1.29 is 9.47 Å². The fraction of sp³-hybridized carbons (Fsp3) is 0.429. The summed E-state index contributed by atoms with van der Waals surface area (Å²) in [6.45, 7) is 3.60. The number of nitrogens with zero attached hydrogens (tertiary/aromatic N) is 2. The maximum Gasteiger partial charge on any atom is 0.137 e. The van der Waals surface area contributed by atoms with Crippen LogP contribution in [-0.4, -0.2) is 56.2 Å². The molecule has 1 fully saturated rings. The first-order chi connectivity index (χ1) is 12.2. The van der Waals surface area contributed by atoms with Gasteiger partial charge in [-0.1, -0.05) is 48.5 Å². The van der Waals surface area contributed by atoms with E-state index in [2.05, 4.69) is 48.2 Å². The first-order valence-electron chi connectivity index (χ1n) is 8.99. The summed E-state index contributed by atoms with van der Waals surface area (Å²) in [4.78, 5) is 4.66. The van der Waals surface area contributed by atoms with Crippen molar-refractivity contribution in [1.29, 1.82) is 0 Å². The number of para-hydroxylation sites is 1. The average molecular weight is 340 g/mol. The molecule has 0 aliphatic carbocycles. The lowest BCUT2D eigenvalue weighted by atomic mass is 10.2. The monoisotopic (exact) mass is 340 g/mol. The zero-order chi connectivity index (χ0) is 17.5. The molecule has 0 radical (unpaired) electrons. The van der Waals surface area contributed by atoms with E-state index < -0.39 is 0 Å². The summed E-state index contributed by atoms with van der Waals surface area (Å²) in [5.41, 5.74) is 1.22. The predicted octanol–water partition coefficient (Wildman–Crippen LogP) is 3.42. The average Bonchev–Trinajstić information content (AvgIpc) is 3.04. The molecule has 1 heterocycles. The molecule has 2 atom stereocenters. The Labute approximate surface area is 151 Å². The van der Waals surface area contributed by atoms with Crippen LogP contribution in [0.25, 0.3) is 0 Å². The minimum Gasteiger partial charge on any atom is -0.491 e. The smallest absolute Gasteiger partial charge is 0.137 e.